The van der Waals surface area contributed by atoms with Crippen molar-refractivity contribution < 1.29 is 0 Å². The normalized spacial score (nSPS) is 10.8. The van der Waals surface area contributed by atoms with Crippen LogP contribution in [0.1, 0.15) is 31.4 Å². The lowest BCUT2D eigenvalue weighted by atomic mass is 10.00. The van der Waals surface area contributed by atoms with E-state index in [1.807, 2.05) is 0 Å². The first kappa shape index (κ1) is 15.1. The molecule has 0 spiro atoms. The van der Waals surface area contributed by atoms with Crippen molar-refractivity contribution in [1.29, 1.82) is 0 Å². The minimum absolute atomic E-state index is 0.825. The van der Waals surface area contributed by atoms with Gasteiger partial charge in [0.15, 0.2) is 0 Å². The summed E-state index contributed by atoms with van der Waals surface area (Å²) < 4.78 is 0. The molecule has 2 rings (SSSR count). The molecule has 1 nitrogen and oxygen atoms in total. The molecule has 0 amide bonds. The van der Waals surface area contributed by atoms with Gasteiger partial charge < -0.3 is 5.32 Å². The number of benzene rings is 2. The lowest BCUT2D eigenvalue weighted by Crippen LogP contribution is -2.11. The SMILES string of the molecule is CCCc1cccc(-c2ccc(CNCC)c(Cl)c2)c1. The molecular formula is C18H22ClN. The highest BCUT2D eigenvalue weighted by molar-refractivity contribution is 6.31. The Morgan fingerprint density at radius 1 is 1.00 bits per heavy atom. The second-order valence-corrected chi connectivity index (χ2v) is 5.44. The zero-order valence-electron chi connectivity index (χ0n) is 12.2. The monoisotopic (exact) mass is 287 g/mol. The standard InChI is InChI=1S/C18H22ClN/c1-3-6-14-7-5-8-15(11-14)16-9-10-17(13-20-4-2)18(19)12-16/h5,7-12,20H,3-4,6,13H2,1-2H3. The van der Waals surface area contributed by atoms with Gasteiger partial charge in [0.05, 0.1) is 0 Å². The van der Waals surface area contributed by atoms with Gasteiger partial charge in [0.25, 0.3) is 0 Å². The fourth-order valence-electron chi connectivity index (χ4n) is 2.32. The molecular weight excluding hydrogens is 266 g/mol. The van der Waals surface area contributed by atoms with E-state index in [2.05, 4.69) is 61.6 Å². The summed E-state index contributed by atoms with van der Waals surface area (Å²) in [7, 11) is 0. The van der Waals surface area contributed by atoms with Crippen LogP contribution >= 0.6 is 11.6 Å². The van der Waals surface area contributed by atoms with E-state index < -0.39 is 0 Å². The summed E-state index contributed by atoms with van der Waals surface area (Å²) in [6.45, 7) is 6.09. The van der Waals surface area contributed by atoms with Gasteiger partial charge >= 0.3 is 0 Å². The van der Waals surface area contributed by atoms with Gasteiger partial charge in [-0.2, -0.15) is 0 Å². The second-order valence-electron chi connectivity index (χ2n) is 5.04. The Morgan fingerprint density at radius 3 is 2.50 bits per heavy atom. The van der Waals surface area contributed by atoms with Crippen molar-refractivity contribution in [2.45, 2.75) is 33.2 Å². The fraction of sp³-hybridized carbons (Fsp3) is 0.333. The van der Waals surface area contributed by atoms with E-state index >= 15 is 0 Å². The smallest absolute Gasteiger partial charge is 0.0457 e. The van der Waals surface area contributed by atoms with Gasteiger partial charge in [-0.3, -0.25) is 0 Å². The van der Waals surface area contributed by atoms with Crippen molar-refractivity contribution in [3.63, 3.8) is 0 Å². The van der Waals surface area contributed by atoms with E-state index in [9.17, 15) is 0 Å². The van der Waals surface area contributed by atoms with Crippen LogP contribution in [0.25, 0.3) is 11.1 Å². The van der Waals surface area contributed by atoms with Crippen LogP contribution in [0.3, 0.4) is 0 Å². The number of nitrogens with one attached hydrogen (secondary N) is 1. The van der Waals surface area contributed by atoms with E-state index in [4.69, 9.17) is 11.6 Å². The molecule has 0 unspecified atom stereocenters. The Bertz CT molecular complexity index is 563. The van der Waals surface area contributed by atoms with Crippen molar-refractivity contribution in [3.05, 3.63) is 58.6 Å². The van der Waals surface area contributed by atoms with Gasteiger partial charge in [0.1, 0.15) is 0 Å². The molecule has 0 radical (unpaired) electrons. The number of rotatable bonds is 6. The molecule has 1 N–H and O–H groups in total. The topological polar surface area (TPSA) is 12.0 Å². The van der Waals surface area contributed by atoms with Crippen LogP contribution in [-0.2, 0) is 13.0 Å². The first-order valence-electron chi connectivity index (χ1n) is 7.33. The van der Waals surface area contributed by atoms with Crippen LogP contribution in [0, 0.1) is 0 Å². The highest BCUT2D eigenvalue weighted by Crippen LogP contribution is 2.26. The first-order chi connectivity index (χ1) is 9.74. The number of halogens is 1. The molecule has 106 valence electrons. The molecule has 0 bridgehead atoms. The third-order valence-electron chi connectivity index (χ3n) is 3.42. The molecule has 20 heavy (non-hydrogen) atoms. The number of hydrogen-bond acceptors (Lipinski definition) is 1. The lowest BCUT2D eigenvalue weighted by molar-refractivity contribution is 0.727. The van der Waals surface area contributed by atoms with E-state index in [0.29, 0.717) is 0 Å². The quantitative estimate of drug-likeness (QED) is 0.782. The van der Waals surface area contributed by atoms with Crippen molar-refractivity contribution in [2.24, 2.45) is 0 Å². The molecule has 0 fully saturated rings. The number of hydrogen-bond donors (Lipinski definition) is 1. The zero-order valence-corrected chi connectivity index (χ0v) is 13.0. The predicted molar refractivity (Wildman–Crippen MR) is 88.3 cm³/mol. The van der Waals surface area contributed by atoms with Gasteiger partial charge in [-0.15, -0.1) is 0 Å². The van der Waals surface area contributed by atoms with Gasteiger partial charge in [-0.1, -0.05) is 68.3 Å². The minimum atomic E-state index is 0.825. The Kier molecular flexibility index (Phi) is 5.63. The van der Waals surface area contributed by atoms with Crippen LogP contribution in [0.15, 0.2) is 42.5 Å². The van der Waals surface area contributed by atoms with Crippen LogP contribution < -0.4 is 5.32 Å². The van der Waals surface area contributed by atoms with Crippen LogP contribution in [0.4, 0.5) is 0 Å². The summed E-state index contributed by atoms with van der Waals surface area (Å²) in [6.07, 6.45) is 2.30. The Labute approximate surface area is 127 Å². The lowest BCUT2D eigenvalue weighted by Gasteiger charge is -2.09. The second kappa shape index (κ2) is 7.47. The molecule has 0 aliphatic carbocycles. The molecule has 0 heterocycles. The highest BCUT2D eigenvalue weighted by atomic mass is 35.5. The van der Waals surface area contributed by atoms with E-state index in [1.54, 1.807) is 0 Å². The average molecular weight is 288 g/mol. The molecule has 0 saturated heterocycles. The Balaban J connectivity index is 2.24. The summed E-state index contributed by atoms with van der Waals surface area (Å²) in [5, 5.41) is 4.14. The summed E-state index contributed by atoms with van der Waals surface area (Å²) >= 11 is 6.38. The Morgan fingerprint density at radius 2 is 1.80 bits per heavy atom. The summed E-state index contributed by atoms with van der Waals surface area (Å²) in [5.41, 5.74) is 4.97. The molecule has 0 atom stereocenters. The molecule has 2 aromatic rings. The van der Waals surface area contributed by atoms with Crippen molar-refractivity contribution in [1.82, 2.24) is 5.32 Å². The summed E-state index contributed by atoms with van der Waals surface area (Å²) in [4.78, 5) is 0. The van der Waals surface area contributed by atoms with Crippen LogP contribution in [0.5, 0.6) is 0 Å². The van der Waals surface area contributed by atoms with Crippen molar-refractivity contribution >= 4 is 11.6 Å². The van der Waals surface area contributed by atoms with Crippen LogP contribution in [0.2, 0.25) is 5.02 Å². The Hall–Kier alpha value is -1.31. The largest absolute Gasteiger partial charge is 0.313 e. The predicted octanol–water partition coefficient (Wildman–Crippen LogP) is 5.07. The van der Waals surface area contributed by atoms with E-state index in [0.717, 1.165) is 30.1 Å². The summed E-state index contributed by atoms with van der Waals surface area (Å²) in [5.74, 6) is 0. The highest BCUT2D eigenvalue weighted by Gasteiger charge is 2.04. The molecule has 0 aliphatic rings. The first-order valence-corrected chi connectivity index (χ1v) is 7.70. The molecule has 0 saturated carbocycles. The fourth-order valence-corrected chi connectivity index (χ4v) is 2.57. The maximum absolute atomic E-state index is 6.38. The maximum Gasteiger partial charge on any atom is 0.0457 e. The summed E-state index contributed by atoms with van der Waals surface area (Å²) in [6, 6.07) is 15.1. The maximum atomic E-state index is 6.38. The van der Waals surface area contributed by atoms with Crippen molar-refractivity contribution in [3.8, 4) is 11.1 Å². The van der Waals surface area contributed by atoms with Crippen molar-refractivity contribution in [2.75, 3.05) is 6.54 Å². The van der Waals surface area contributed by atoms with E-state index in [-0.39, 0.29) is 0 Å². The van der Waals surface area contributed by atoms with Gasteiger partial charge in [0, 0.05) is 11.6 Å². The van der Waals surface area contributed by atoms with Crippen LogP contribution in [-0.4, -0.2) is 6.54 Å². The van der Waals surface area contributed by atoms with E-state index in [1.165, 1.54) is 23.1 Å². The minimum Gasteiger partial charge on any atom is -0.313 e. The molecule has 0 aliphatic heterocycles. The third kappa shape index (κ3) is 3.84. The van der Waals surface area contributed by atoms with Gasteiger partial charge in [0.2, 0.25) is 0 Å². The molecule has 2 aromatic carbocycles. The molecule has 0 aromatic heterocycles. The van der Waals surface area contributed by atoms with Gasteiger partial charge in [-0.05, 0) is 41.3 Å². The average Bonchev–Trinajstić information content (AvgIpc) is 2.46. The zero-order chi connectivity index (χ0) is 14.4. The molecule has 2 heteroatoms. The third-order valence-corrected chi connectivity index (χ3v) is 3.77. The van der Waals surface area contributed by atoms with Gasteiger partial charge in [-0.25, -0.2) is 0 Å². The number of aryl methyl sites for hydroxylation is 1.